The van der Waals surface area contributed by atoms with E-state index in [2.05, 4.69) is 31.9 Å². The number of halogens is 2. The lowest BCUT2D eigenvalue weighted by Crippen LogP contribution is -2.10. The van der Waals surface area contributed by atoms with Crippen LogP contribution in [0, 0.1) is 0 Å². The van der Waals surface area contributed by atoms with Crippen molar-refractivity contribution in [2.75, 3.05) is 13.2 Å². The highest BCUT2D eigenvalue weighted by molar-refractivity contribution is 9.10. The number of carbonyl (C=O) groups is 1. The molecule has 0 N–H and O–H groups in total. The number of Topliss-reactive ketones (excluding diaryl/α,β-unsaturated/α-hetero) is 1. The van der Waals surface area contributed by atoms with Gasteiger partial charge in [0.05, 0.1) is 5.56 Å². The van der Waals surface area contributed by atoms with Crippen molar-refractivity contribution in [2.24, 2.45) is 0 Å². The summed E-state index contributed by atoms with van der Waals surface area (Å²) in [5.41, 5.74) is 0.570. The lowest BCUT2D eigenvalue weighted by atomic mass is 10.1. The summed E-state index contributed by atoms with van der Waals surface area (Å²) in [5, 5.41) is 0. The normalized spacial score (nSPS) is 10.2. The second kappa shape index (κ2) is 7.61. The van der Waals surface area contributed by atoms with Crippen molar-refractivity contribution in [3.05, 3.63) is 57.0 Å². The molecule has 0 unspecified atom stereocenters. The van der Waals surface area contributed by atoms with Crippen molar-refractivity contribution in [1.29, 1.82) is 0 Å². The number of hydrogen-bond acceptors (Lipinski definition) is 3. The van der Waals surface area contributed by atoms with E-state index in [0.717, 1.165) is 14.7 Å². The third kappa shape index (κ3) is 4.86. The molecule has 2 rings (SSSR count). The number of rotatable bonds is 6. The van der Waals surface area contributed by atoms with Crippen molar-refractivity contribution >= 4 is 37.6 Å². The van der Waals surface area contributed by atoms with Gasteiger partial charge in [-0.1, -0.05) is 37.9 Å². The minimum Gasteiger partial charge on any atom is -0.490 e. The average Bonchev–Trinajstić information content (AvgIpc) is 2.43. The van der Waals surface area contributed by atoms with Gasteiger partial charge in [0, 0.05) is 8.95 Å². The molecule has 0 spiro atoms. The first kappa shape index (κ1) is 16.0. The monoisotopic (exact) mass is 412 g/mol. The van der Waals surface area contributed by atoms with Crippen LogP contribution in [0.15, 0.2) is 51.4 Å². The van der Waals surface area contributed by atoms with E-state index in [1.165, 1.54) is 6.92 Å². The van der Waals surface area contributed by atoms with Crippen LogP contribution in [0.4, 0.5) is 0 Å². The molecule has 5 heteroatoms. The molecular weight excluding hydrogens is 400 g/mol. The highest BCUT2D eigenvalue weighted by Crippen LogP contribution is 2.24. The molecule has 0 heterocycles. The van der Waals surface area contributed by atoms with Gasteiger partial charge in [0.15, 0.2) is 5.78 Å². The largest absolute Gasteiger partial charge is 0.490 e. The topological polar surface area (TPSA) is 35.5 Å². The number of ether oxygens (including phenoxy) is 2. The number of carbonyl (C=O) groups excluding carboxylic acids is 1. The summed E-state index contributed by atoms with van der Waals surface area (Å²) < 4.78 is 13.1. The maximum atomic E-state index is 11.5. The molecule has 0 saturated heterocycles. The molecule has 3 nitrogen and oxygen atoms in total. The lowest BCUT2D eigenvalue weighted by Gasteiger charge is -2.11. The fourth-order valence-electron chi connectivity index (χ4n) is 1.77. The van der Waals surface area contributed by atoms with Crippen molar-refractivity contribution in [3.8, 4) is 11.5 Å². The van der Waals surface area contributed by atoms with Crippen molar-refractivity contribution in [2.45, 2.75) is 6.92 Å². The molecule has 0 bridgehead atoms. The van der Waals surface area contributed by atoms with Gasteiger partial charge in [-0.15, -0.1) is 0 Å². The molecule has 0 aromatic heterocycles. The highest BCUT2D eigenvalue weighted by atomic mass is 79.9. The third-order valence-corrected chi connectivity index (χ3v) is 3.72. The van der Waals surface area contributed by atoms with E-state index in [-0.39, 0.29) is 5.78 Å². The van der Waals surface area contributed by atoms with Crippen molar-refractivity contribution in [3.63, 3.8) is 0 Å². The minimum atomic E-state index is -0.0228. The Bertz CT molecular complexity index is 641. The molecule has 0 aliphatic heterocycles. The Morgan fingerprint density at radius 3 is 2.43 bits per heavy atom. The lowest BCUT2D eigenvalue weighted by molar-refractivity contribution is 0.101. The van der Waals surface area contributed by atoms with Gasteiger partial charge in [0.2, 0.25) is 0 Å². The van der Waals surface area contributed by atoms with E-state index in [4.69, 9.17) is 9.47 Å². The van der Waals surface area contributed by atoms with Crippen LogP contribution < -0.4 is 9.47 Å². The molecule has 21 heavy (non-hydrogen) atoms. The SMILES string of the molecule is CC(=O)c1ccc(Br)cc1OCCOc1cccc(Br)c1. The quantitative estimate of drug-likeness (QED) is 0.500. The summed E-state index contributed by atoms with van der Waals surface area (Å²) in [7, 11) is 0. The van der Waals surface area contributed by atoms with E-state index >= 15 is 0 Å². The van der Waals surface area contributed by atoms with Gasteiger partial charge in [0.1, 0.15) is 24.7 Å². The molecule has 2 aromatic rings. The van der Waals surface area contributed by atoms with E-state index in [1.807, 2.05) is 30.3 Å². The Hall–Kier alpha value is -1.33. The summed E-state index contributed by atoms with van der Waals surface area (Å²) in [6, 6.07) is 13.0. The second-order valence-electron chi connectivity index (χ2n) is 4.35. The predicted molar refractivity (Wildman–Crippen MR) is 89.3 cm³/mol. The van der Waals surface area contributed by atoms with Crippen LogP contribution in [-0.4, -0.2) is 19.0 Å². The first-order valence-electron chi connectivity index (χ1n) is 6.38. The van der Waals surface area contributed by atoms with Crippen LogP contribution in [0.3, 0.4) is 0 Å². The van der Waals surface area contributed by atoms with E-state index in [0.29, 0.717) is 24.5 Å². The van der Waals surface area contributed by atoms with Gasteiger partial charge >= 0.3 is 0 Å². The molecule has 0 aliphatic carbocycles. The van der Waals surface area contributed by atoms with Crippen molar-refractivity contribution < 1.29 is 14.3 Å². The van der Waals surface area contributed by atoms with E-state index in [1.54, 1.807) is 12.1 Å². The molecule has 0 amide bonds. The highest BCUT2D eigenvalue weighted by Gasteiger charge is 2.09. The average molecular weight is 414 g/mol. The van der Waals surface area contributed by atoms with E-state index in [9.17, 15) is 4.79 Å². The van der Waals surface area contributed by atoms with Gasteiger partial charge in [-0.05, 0) is 43.3 Å². The summed E-state index contributed by atoms with van der Waals surface area (Å²) in [5.74, 6) is 1.31. The van der Waals surface area contributed by atoms with Crippen LogP contribution in [-0.2, 0) is 0 Å². The second-order valence-corrected chi connectivity index (χ2v) is 6.18. The van der Waals surface area contributed by atoms with Crippen molar-refractivity contribution in [1.82, 2.24) is 0 Å². The molecule has 0 atom stereocenters. The van der Waals surface area contributed by atoms with Crippen LogP contribution in [0.25, 0.3) is 0 Å². The standard InChI is InChI=1S/C16H14Br2O3/c1-11(19)15-6-5-13(18)10-16(15)21-8-7-20-14-4-2-3-12(17)9-14/h2-6,9-10H,7-8H2,1H3. The number of hydrogen-bond donors (Lipinski definition) is 0. The van der Waals surface area contributed by atoms with Gasteiger partial charge in [-0.25, -0.2) is 0 Å². The minimum absolute atomic E-state index is 0.0228. The predicted octanol–water partition coefficient (Wildman–Crippen LogP) is 4.87. The van der Waals surface area contributed by atoms with Crippen LogP contribution in [0.5, 0.6) is 11.5 Å². The maximum Gasteiger partial charge on any atom is 0.163 e. The van der Waals surface area contributed by atoms with Gasteiger partial charge in [-0.3, -0.25) is 4.79 Å². The van der Waals surface area contributed by atoms with Gasteiger partial charge in [0.25, 0.3) is 0 Å². The first-order valence-corrected chi connectivity index (χ1v) is 7.96. The Balaban J connectivity index is 1.91. The fourth-order valence-corrected chi connectivity index (χ4v) is 2.49. The Kier molecular flexibility index (Phi) is 5.82. The molecule has 110 valence electrons. The number of ketones is 1. The molecule has 2 aromatic carbocycles. The van der Waals surface area contributed by atoms with Gasteiger partial charge < -0.3 is 9.47 Å². The zero-order valence-corrected chi connectivity index (χ0v) is 14.6. The summed E-state index contributed by atoms with van der Waals surface area (Å²) in [6.45, 7) is 2.29. The zero-order valence-electron chi connectivity index (χ0n) is 11.4. The summed E-state index contributed by atoms with van der Waals surface area (Å²) in [6.07, 6.45) is 0. The molecular formula is C16H14Br2O3. The molecule has 0 fully saturated rings. The third-order valence-electron chi connectivity index (χ3n) is 2.73. The Morgan fingerprint density at radius 1 is 1.00 bits per heavy atom. The Morgan fingerprint density at radius 2 is 1.71 bits per heavy atom. The maximum absolute atomic E-state index is 11.5. The summed E-state index contributed by atoms with van der Waals surface area (Å²) >= 11 is 6.76. The number of benzene rings is 2. The summed E-state index contributed by atoms with van der Waals surface area (Å²) in [4.78, 5) is 11.5. The van der Waals surface area contributed by atoms with Crippen LogP contribution >= 0.6 is 31.9 Å². The first-order chi connectivity index (χ1) is 10.1. The molecule has 0 aliphatic rings. The molecule has 0 saturated carbocycles. The molecule has 0 radical (unpaired) electrons. The smallest absolute Gasteiger partial charge is 0.163 e. The zero-order chi connectivity index (χ0) is 15.2. The van der Waals surface area contributed by atoms with Crippen LogP contribution in [0.2, 0.25) is 0 Å². The van der Waals surface area contributed by atoms with Gasteiger partial charge in [-0.2, -0.15) is 0 Å². The Labute approximate surface area is 140 Å². The van der Waals surface area contributed by atoms with E-state index < -0.39 is 0 Å². The van der Waals surface area contributed by atoms with Crippen LogP contribution in [0.1, 0.15) is 17.3 Å². The fraction of sp³-hybridized carbons (Fsp3) is 0.188.